The summed E-state index contributed by atoms with van der Waals surface area (Å²) >= 11 is 0. The molecule has 0 saturated carbocycles. The molecule has 0 radical (unpaired) electrons. The van der Waals surface area contributed by atoms with Crippen molar-refractivity contribution >= 4 is 16.9 Å². The fourth-order valence-corrected chi connectivity index (χ4v) is 2.31. The Bertz CT molecular complexity index is 854. The maximum atomic E-state index is 10.8. The van der Waals surface area contributed by atoms with Gasteiger partial charge in [-0.3, -0.25) is 4.79 Å². The van der Waals surface area contributed by atoms with Crippen LogP contribution in [0, 0.1) is 11.3 Å². The normalized spacial score (nSPS) is 10.4. The van der Waals surface area contributed by atoms with Crippen LogP contribution < -0.4 is 0 Å². The lowest BCUT2D eigenvalue weighted by Crippen LogP contribution is -1.99. The van der Waals surface area contributed by atoms with Crippen molar-refractivity contribution in [3.05, 3.63) is 59.9 Å². The summed E-state index contributed by atoms with van der Waals surface area (Å²) in [5, 5.41) is 18.6. The van der Waals surface area contributed by atoms with E-state index in [0.29, 0.717) is 11.1 Å². The van der Waals surface area contributed by atoms with Crippen LogP contribution in [0.5, 0.6) is 0 Å². The molecule has 0 bridgehead atoms. The van der Waals surface area contributed by atoms with Gasteiger partial charge in [0.1, 0.15) is 5.58 Å². The van der Waals surface area contributed by atoms with Crippen LogP contribution in [0.2, 0.25) is 0 Å². The second-order valence-electron chi connectivity index (χ2n) is 4.74. The Morgan fingerprint density at radius 2 is 1.95 bits per heavy atom. The number of furan rings is 1. The molecule has 1 N–H and O–H groups in total. The average molecular weight is 277 g/mol. The second kappa shape index (κ2) is 5.14. The third-order valence-electron chi connectivity index (χ3n) is 3.32. The Hall–Kier alpha value is -3.06. The predicted molar refractivity (Wildman–Crippen MR) is 77.7 cm³/mol. The van der Waals surface area contributed by atoms with Crippen LogP contribution in [-0.2, 0) is 11.2 Å². The van der Waals surface area contributed by atoms with Crippen LogP contribution in [0.4, 0.5) is 0 Å². The summed E-state index contributed by atoms with van der Waals surface area (Å²) in [6.45, 7) is 0. The van der Waals surface area contributed by atoms with Gasteiger partial charge in [0.25, 0.3) is 0 Å². The summed E-state index contributed by atoms with van der Waals surface area (Å²) < 4.78 is 5.51. The molecule has 3 aromatic rings. The maximum Gasteiger partial charge on any atom is 0.307 e. The molecule has 0 aliphatic rings. The van der Waals surface area contributed by atoms with E-state index in [1.165, 1.54) is 0 Å². The molecular formula is C17H11NO3. The van der Waals surface area contributed by atoms with E-state index in [1.807, 2.05) is 18.2 Å². The zero-order valence-corrected chi connectivity index (χ0v) is 11.0. The van der Waals surface area contributed by atoms with Gasteiger partial charge in [0.05, 0.1) is 24.3 Å². The van der Waals surface area contributed by atoms with Crippen LogP contribution in [-0.4, -0.2) is 11.1 Å². The topological polar surface area (TPSA) is 74.2 Å². The minimum Gasteiger partial charge on any atom is -0.481 e. The van der Waals surface area contributed by atoms with Gasteiger partial charge in [0.2, 0.25) is 0 Å². The lowest BCUT2D eigenvalue weighted by Gasteiger charge is -2.01. The number of rotatable bonds is 3. The number of benzene rings is 2. The first kappa shape index (κ1) is 12.9. The standard InChI is InChI=1S/C17H11NO3/c18-9-11-1-4-13(5-2-11)15-10-21-16-6-3-12(7-14(15)16)8-17(19)20/h1-7,10H,8H2,(H,19,20). The van der Waals surface area contributed by atoms with Crippen molar-refractivity contribution in [3.63, 3.8) is 0 Å². The van der Waals surface area contributed by atoms with Gasteiger partial charge in [-0.1, -0.05) is 18.2 Å². The van der Waals surface area contributed by atoms with Gasteiger partial charge in [-0.25, -0.2) is 0 Å². The molecule has 4 nitrogen and oxygen atoms in total. The van der Waals surface area contributed by atoms with Gasteiger partial charge in [-0.2, -0.15) is 5.26 Å². The highest BCUT2D eigenvalue weighted by molar-refractivity contribution is 5.94. The molecule has 102 valence electrons. The van der Waals surface area contributed by atoms with E-state index in [-0.39, 0.29) is 6.42 Å². The Morgan fingerprint density at radius 3 is 2.62 bits per heavy atom. The zero-order chi connectivity index (χ0) is 14.8. The van der Waals surface area contributed by atoms with Crippen LogP contribution in [0.1, 0.15) is 11.1 Å². The zero-order valence-electron chi connectivity index (χ0n) is 11.0. The van der Waals surface area contributed by atoms with Gasteiger partial charge in [-0.15, -0.1) is 0 Å². The average Bonchev–Trinajstić information content (AvgIpc) is 2.90. The summed E-state index contributed by atoms with van der Waals surface area (Å²) in [6, 6.07) is 14.6. The minimum atomic E-state index is -0.863. The largest absolute Gasteiger partial charge is 0.481 e. The summed E-state index contributed by atoms with van der Waals surface area (Å²) in [7, 11) is 0. The number of carboxylic acid groups (broad SMARTS) is 1. The second-order valence-corrected chi connectivity index (χ2v) is 4.74. The molecule has 1 heterocycles. The van der Waals surface area contributed by atoms with Gasteiger partial charge >= 0.3 is 5.97 Å². The first-order chi connectivity index (χ1) is 10.2. The van der Waals surface area contributed by atoms with Gasteiger partial charge in [0.15, 0.2) is 0 Å². The Morgan fingerprint density at radius 1 is 1.19 bits per heavy atom. The predicted octanol–water partition coefficient (Wildman–Crippen LogP) is 3.60. The number of fused-ring (bicyclic) bond motifs is 1. The van der Waals surface area contributed by atoms with E-state index in [0.717, 1.165) is 22.1 Å². The van der Waals surface area contributed by atoms with Crippen molar-refractivity contribution < 1.29 is 14.3 Å². The monoisotopic (exact) mass is 277 g/mol. The molecule has 0 saturated heterocycles. The van der Waals surface area contributed by atoms with Crippen molar-refractivity contribution in [2.45, 2.75) is 6.42 Å². The third-order valence-corrected chi connectivity index (χ3v) is 3.32. The van der Waals surface area contributed by atoms with Crippen molar-refractivity contribution in [2.75, 3.05) is 0 Å². The molecule has 0 atom stereocenters. The van der Waals surface area contributed by atoms with E-state index in [4.69, 9.17) is 14.8 Å². The molecule has 2 aromatic carbocycles. The van der Waals surface area contributed by atoms with Gasteiger partial charge < -0.3 is 9.52 Å². The Kier molecular flexibility index (Phi) is 3.17. The molecule has 4 heteroatoms. The summed E-state index contributed by atoms with van der Waals surface area (Å²) in [5.41, 5.74) is 3.86. The molecule has 0 fully saturated rings. The summed E-state index contributed by atoms with van der Waals surface area (Å²) in [4.78, 5) is 10.8. The number of carbonyl (C=O) groups is 1. The molecule has 0 aliphatic carbocycles. The molecule has 0 unspecified atom stereocenters. The maximum absolute atomic E-state index is 10.8. The molecule has 21 heavy (non-hydrogen) atoms. The van der Waals surface area contributed by atoms with Gasteiger partial charge in [-0.05, 0) is 35.4 Å². The number of nitriles is 1. The smallest absolute Gasteiger partial charge is 0.307 e. The van der Waals surface area contributed by atoms with Crippen molar-refractivity contribution in [3.8, 4) is 17.2 Å². The molecule has 3 rings (SSSR count). The molecule has 1 aromatic heterocycles. The van der Waals surface area contributed by atoms with E-state index in [1.54, 1.807) is 30.5 Å². The minimum absolute atomic E-state index is 0.0199. The SMILES string of the molecule is N#Cc1ccc(-c2coc3ccc(CC(=O)O)cc23)cc1. The van der Waals surface area contributed by atoms with Crippen LogP contribution in [0.3, 0.4) is 0 Å². The molecule has 0 amide bonds. The van der Waals surface area contributed by atoms with Crippen molar-refractivity contribution in [1.29, 1.82) is 5.26 Å². The van der Waals surface area contributed by atoms with Gasteiger partial charge in [0, 0.05) is 10.9 Å². The fraction of sp³-hybridized carbons (Fsp3) is 0.0588. The van der Waals surface area contributed by atoms with E-state index in [2.05, 4.69) is 6.07 Å². The van der Waals surface area contributed by atoms with Crippen molar-refractivity contribution in [1.82, 2.24) is 0 Å². The van der Waals surface area contributed by atoms with E-state index < -0.39 is 5.97 Å². The third kappa shape index (κ3) is 2.49. The Labute approximate surface area is 120 Å². The van der Waals surface area contributed by atoms with Crippen molar-refractivity contribution in [2.24, 2.45) is 0 Å². The van der Waals surface area contributed by atoms with Crippen LogP contribution in [0.25, 0.3) is 22.1 Å². The van der Waals surface area contributed by atoms with E-state index in [9.17, 15) is 4.79 Å². The highest BCUT2D eigenvalue weighted by Crippen LogP contribution is 2.31. The first-order valence-electron chi connectivity index (χ1n) is 6.40. The molecular weight excluding hydrogens is 266 g/mol. The Balaban J connectivity index is 2.09. The summed E-state index contributed by atoms with van der Waals surface area (Å²) in [5.74, 6) is -0.863. The highest BCUT2D eigenvalue weighted by Gasteiger charge is 2.10. The van der Waals surface area contributed by atoms with E-state index >= 15 is 0 Å². The van der Waals surface area contributed by atoms with Crippen LogP contribution >= 0.6 is 0 Å². The number of hydrogen-bond donors (Lipinski definition) is 1. The number of aliphatic carboxylic acids is 1. The lowest BCUT2D eigenvalue weighted by atomic mass is 10.0. The number of carboxylic acids is 1. The fourth-order valence-electron chi connectivity index (χ4n) is 2.31. The lowest BCUT2D eigenvalue weighted by molar-refractivity contribution is -0.136. The quantitative estimate of drug-likeness (QED) is 0.793. The molecule has 0 aliphatic heterocycles. The molecule has 0 spiro atoms. The highest BCUT2D eigenvalue weighted by atomic mass is 16.4. The first-order valence-corrected chi connectivity index (χ1v) is 6.40. The number of hydrogen-bond acceptors (Lipinski definition) is 3. The number of nitrogens with zero attached hydrogens (tertiary/aromatic N) is 1. The van der Waals surface area contributed by atoms with Crippen LogP contribution in [0.15, 0.2) is 53.1 Å². The summed E-state index contributed by atoms with van der Waals surface area (Å²) in [6.07, 6.45) is 1.63.